The van der Waals surface area contributed by atoms with Crippen molar-refractivity contribution >= 4 is 16.7 Å². The smallest absolute Gasteiger partial charge is 0.112 e. The molecule has 0 bridgehead atoms. The van der Waals surface area contributed by atoms with Crippen LogP contribution in [0.3, 0.4) is 0 Å². The average Bonchev–Trinajstić information content (AvgIpc) is 3.24. The van der Waals surface area contributed by atoms with Crippen molar-refractivity contribution in [1.82, 2.24) is 15.0 Å². The maximum atomic E-state index is 13.3. The number of nitrogens with zero attached hydrogens (tertiary/aromatic N) is 3. The molecule has 4 nitrogen and oxygen atoms in total. The summed E-state index contributed by atoms with van der Waals surface area (Å²) in [5.41, 5.74) is 11.8. The molecule has 110 valence electrons. The number of hydrogen-bond acceptors (Lipinski definition) is 4. The molecule has 4 rings (SSSR count). The van der Waals surface area contributed by atoms with E-state index >= 15 is 0 Å². The molecule has 1 aliphatic rings. The quantitative estimate of drug-likeness (QED) is 0.786. The molecule has 0 radical (unpaired) electrons. The molecule has 2 atom stereocenters. The Labute approximate surface area is 127 Å². The van der Waals surface area contributed by atoms with Gasteiger partial charge in [-0.15, -0.1) is 0 Å². The van der Waals surface area contributed by atoms with E-state index in [0.717, 1.165) is 22.4 Å². The number of alkyl halides is 1. The van der Waals surface area contributed by atoms with Gasteiger partial charge in [0, 0.05) is 30.1 Å². The summed E-state index contributed by atoms with van der Waals surface area (Å²) >= 11 is 0. The van der Waals surface area contributed by atoms with Crippen LogP contribution < -0.4 is 5.73 Å². The van der Waals surface area contributed by atoms with E-state index in [2.05, 4.69) is 15.0 Å². The molecule has 22 heavy (non-hydrogen) atoms. The topological polar surface area (TPSA) is 64.7 Å². The number of pyridine rings is 3. The Morgan fingerprint density at radius 2 is 2.09 bits per heavy atom. The molecule has 0 spiro atoms. The monoisotopic (exact) mass is 294 g/mol. The highest BCUT2D eigenvalue weighted by molar-refractivity contribution is 5.89. The van der Waals surface area contributed by atoms with Gasteiger partial charge in [-0.05, 0) is 42.7 Å². The Bertz CT molecular complexity index is 878. The minimum Gasteiger partial charge on any atom is -0.397 e. The van der Waals surface area contributed by atoms with E-state index < -0.39 is 6.17 Å². The molecule has 0 amide bonds. The van der Waals surface area contributed by atoms with E-state index in [4.69, 9.17) is 5.73 Å². The number of halogens is 1. The fourth-order valence-corrected chi connectivity index (χ4v) is 2.76. The summed E-state index contributed by atoms with van der Waals surface area (Å²) in [5.74, 6) is -0.0359. The van der Waals surface area contributed by atoms with Gasteiger partial charge >= 0.3 is 0 Å². The van der Waals surface area contributed by atoms with Crippen LogP contribution in [0.4, 0.5) is 10.1 Å². The van der Waals surface area contributed by atoms with Gasteiger partial charge in [0.1, 0.15) is 11.7 Å². The predicted octanol–water partition coefficient (Wildman–Crippen LogP) is 3.41. The van der Waals surface area contributed by atoms with Gasteiger partial charge in [-0.1, -0.05) is 0 Å². The number of rotatable bonds is 2. The van der Waals surface area contributed by atoms with Gasteiger partial charge in [0.2, 0.25) is 0 Å². The van der Waals surface area contributed by atoms with E-state index in [9.17, 15) is 4.39 Å². The Balaban J connectivity index is 1.89. The first-order valence-electron chi connectivity index (χ1n) is 7.24. The molecular weight excluding hydrogens is 279 g/mol. The first-order valence-corrected chi connectivity index (χ1v) is 7.24. The highest BCUT2D eigenvalue weighted by atomic mass is 19.1. The van der Waals surface area contributed by atoms with E-state index in [1.165, 1.54) is 0 Å². The second-order valence-corrected chi connectivity index (χ2v) is 5.78. The zero-order valence-electron chi connectivity index (χ0n) is 12.1. The maximum absolute atomic E-state index is 13.3. The highest BCUT2D eigenvalue weighted by Gasteiger charge is 2.39. The molecule has 1 fully saturated rings. The normalized spacial score (nSPS) is 20.3. The molecule has 2 unspecified atom stereocenters. The first-order chi connectivity index (χ1) is 10.6. The number of nitrogens with two attached hydrogens (primary N) is 1. The fraction of sp³-hybridized carbons (Fsp3) is 0.235. The van der Waals surface area contributed by atoms with E-state index in [-0.39, 0.29) is 5.92 Å². The first kappa shape index (κ1) is 13.1. The van der Waals surface area contributed by atoms with Crippen LogP contribution in [0.15, 0.2) is 36.8 Å². The van der Waals surface area contributed by atoms with Gasteiger partial charge in [0.15, 0.2) is 0 Å². The third-order valence-electron chi connectivity index (χ3n) is 4.13. The second-order valence-electron chi connectivity index (χ2n) is 5.78. The lowest BCUT2D eigenvalue weighted by molar-refractivity contribution is 0.468. The summed E-state index contributed by atoms with van der Waals surface area (Å²) in [5, 5.41) is 0. The Kier molecular flexibility index (Phi) is 2.82. The summed E-state index contributed by atoms with van der Waals surface area (Å²) in [6.07, 6.45) is 5.07. The van der Waals surface area contributed by atoms with Crippen LogP contribution >= 0.6 is 0 Å². The number of anilines is 1. The standard InChI is InChI=1S/C17H15FN4/c1-9-7-20-3-2-11(9)15-6-14(19)17-16(22-15)4-10(8-21-17)12-5-13(12)18/h2-4,6-8,12-13H,5H2,1H3,(H2,19,22). The second kappa shape index (κ2) is 4.73. The zero-order valence-corrected chi connectivity index (χ0v) is 12.1. The van der Waals surface area contributed by atoms with Gasteiger partial charge in [0.25, 0.3) is 0 Å². The predicted molar refractivity (Wildman–Crippen MR) is 84.2 cm³/mol. The van der Waals surface area contributed by atoms with Crippen molar-refractivity contribution in [3.05, 3.63) is 47.9 Å². The van der Waals surface area contributed by atoms with Crippen molar-refractivity contribution in [3.8, 4) is 11.3 Å². The summed E-state index contributed by atoms with van der Waals surface area (Å²) in [6.45, 7) is 1.98. The van der Waals surface area contributed by atoms with Crippen molar-refractivity contribution < 1.29 is 4.39 Å². The van der Waals surface area contributed by atoms with Gasteiger partial charge in [-0.3, -0.25) is 9.97 Å². The number of hydrogen-bond donors (Lipinski definition) is 1. The minimum atomic E-state index is -0.748. The summed E-state index contributed by atoms with van der Waals surface area (Å²) in [6, 6.07) is 5.65. The maximum Gasteiger partial charge on any atom is 0.112 e. The molecule has 0 saturated heterocycles. The van der Waals surface area contributed by atoms with Gasteiger partial charge in [-0.25, -0.2) is 9.37 Å². The zero-order chi connectivity index (χ0) is 15.3. The van der Waals surface area contributed by atoms with Crippen molar-refractivity contribution in [2.45, 2.75) is 25.4 Å². The molecule has 5 heteroatoms. The lowest BCUT2D eigenvalue weighted by Crippen LogP contribution is -1.97. The van der Waals surface area contributed by atoms with Crippen LogP contribution in [0, 0.1) is 6.92 Å². The molecule has 3 aromatic heterocycles. The Morgan fingerprint density at radius 3 is 2.82 bits per heavy atom. The van der Waals surface area contributed by atoms with E-state index in [1.54, 1.807) is 18.6 Å². The van der Waals surface area contributed by atoms with Gasteiger partial charge < -0.3 is 5.73 Å². The van der Waals surface area contributed by atoms with Crippen molar-refractivity contribution in [2.24, 2.45) is 0 Å². The summed E-state index contributed by atoms with van der Waals surface area (Å²) < 4.78 is 13.3. The highest BCUT2D eigenvalue weighted by Crippen LogP contribution is 2.43. The lowest BCUT2D eigenvalue weighted by Gasteiger charge is -2.09. The average molecular weight is 294 g/mol. The van der Waals surface area contributed by atoms with Crippen molar-refractivity contribution in [3.63, 3.8) is 0 Å². The minimum absolute atomic E-state index is 0.0359. The van der Waals surface area contributed by atoms with Crippen LogP contribution in [0.2, 0.25) is 0 Å². The fourth-order valence-electron chi connectivity index (χ4n) is 2.76. The molecule has 1 saturated carbocycles. The molecule has 3 heterocycles. The molecular formula is C17H15FN4. The van der Waals surface area contributed by atoms with Crippen LogP contribution in [0.1, 0.15) is 23.5 Å². The SMILES string of the molecule is Cc1cnccc1-c1cc(N)c2ncc(C3CC3F)cc2n1. The lowest BCUT2D eigenvalue weighted by atomic mass is 10.1. The molecule has 1 aliphatic carbocycles. The molecule has 2 N–H and O–H groups in total. The van der Waals surface area contributed by atoms with Gasteiger partial charge in [-0.2, -0.15) is 0 Å². The molecule has 0 aromatic carbocycles. The molecule has 0 aliphatic heterocycles. The number of aromatic nitrogens is 3. The van der Waals surface area contributed by atoms with E-state index in [0.29, 0.717) is 23.1 Å². The van der Waals surface area contributed by atoms with Crippen LogP contribution in [0.5, 0.6) is 0 Å². The van der Waals surface area contributed by atoms with Crippen LogP contribution in [-0.4, -0.2) is 21.1 Å². The Morgan fingerprint density at radius 1 is 1.27 bits per heavy atom. The van der Waals surface area contributed by atoms with E-state index in [1.807, 2.05) is 25.1 Å². The third-order valence-corrected chi connectivity index (χ3v) is 4.13. The Hall–Kier alpha value is -2.56. The van der Waals surface area contributed by atoms with Crippen molar-refractivity contribution in [1.29, 1.82) is 0 Å². The largest absolute Gasteiger partial charge is 0.397 e. The number of fused-ring (bicyclic) bond motifs is 1. The number of nitrogen functional groups attached to an aromatic ring is 1. The summed E-state index contributed by atoms with van der Waals surface area (Å²) in [4.78, 5) is 13.1. The molecule has 3 aromatic rings. The third kappa shape index (κ3) is 2.09. The summed E-state index contributed by atoms with van der Waals surface area (Å²) in [7, 11) is 0. The van der Waals surface area contributed by atoms with Gasteiger partial charge in [0.05, 0.1) is 16.9 Å². The number of aryl methyl sites for hydroxylation is 1. The van der Waals surface area contributed by atoms with Crippen molar-refractivity contribution in [2.75, 3.05) is 5.73 Å². The van der Waals surface area contributed by atoms with Crippen LogP contribution in [-0.2, 0) is 0 Å². The van der Waals surface area contributed by atoms with Crippen LogP contribution in [0.25, 0.3) is 22.3 Å².